The van der Waals surface area contributed by atoms with Crippen LogP contribution in [0.15, 0.2) is 12.3 Å². The minimum Gasteiger partial charge on any atom is -0.466 e. The molecule has 5 nitrogen and oxygen atoms in total. The normalized spacial score (nSPS) is 16.8. The first-order valence-corrected chi connectivity index (χ1v) is 3.54. The van der Waals surface area contributed by atoms with Crippen LogP contribution in [0, 0.1) is 0 Å². The molecule has 1 saturated heterocycles. The van der Waals surface area contributed by atoms with Gasteiger partial charge < -0.3 is 10.1 Å². The molecular weight excluding hydrogens is 160 g/mol. The van der Waals surface area contributed by atoms with Crippen LogP contribution in [-0.2, 0) is 9.53 Å². The molecule has 2 amide bonds. The Balaban J connectivity index is 2.44. The van der Waals surface area contributed by atoms with Crippen LogP contribution in [-0.4, -0.2) is 37.1 Å². The molecule has 0 aromatic heterocycles. The molecule has 1 fully saturated rings. The van der Waals surface area contributed by atoms with Crippen LogP contribution < -0.4 is 5.32 Å². The van der Waals surface area contributed by atoms with E-state index in [4.69, 9.17) is 0 Å². The van der Waals surface area contributed by atoms with Gasteiger partial charge in [-0.15, -0.1) is 0 Å². The zero-order valence-electron chi connectivity index (χ0n) is 6.74. The molecule has 0 radical (unpaired) electrons. The number of hydrogen-bond acceptors (Lipinski definition) is 3. The summed E-state index contributed by atoms with van der Waals surface area (Å²) in [5.41, 5.74) is 0. The number of nitrogens with one attached hydrogen (secondary N) is 1. The van der Waals surface area contributed by atoms with E-state index in [9.17, 15) is 9.59 Å². The summed E-state index contributed by atoms with van der Waals surface area (Å²) in [6.07, 6.45) is 2.62. The molecule has 0 saturated carbocycles. The molecule has 0 aliphatic carbocycles. The van der Waals surface area contributed by atoms with Gasteiger partial charge in [0.2, 0.25) is 0 Å². The quantitative estimate of drug-likeness (QED) is 0.457. The largest absolute Gasteiger partial charge is 0.466 e. The highest BCUT2D eigenvalue weighted by Crippen LogP contribution is 1.96. The summed E-state index contributed by atoms with van der Waals surface area (Å²) >= 11 is 0. The Kier molecular flexibility index (Phi) is 2.68. The lowest BCUT2D eigenvalue weighted by Crippen LogP contribution is -2.23. The minimum atomic E-state index is -0.463. The molecule has 1 rings (SSSR count). The molecule has 0 aromatic rings. The monoisotopic (exact) mass is 170 g/mol. The van der Waals surface area contributed by atoms with E-state index in [0.717, 1.165) is 0 Å². The average molecular weight is 170 g/mol. The fourth-order valence-corrected chi connectivity index (χ4v) is 0.847. The summed E-state index contributed by atoms with van der Waals surface area (Å²) in [6.45, 7) is 1.21. The highest BCUT2D eigenvalue weighted by Gasteiger charge is 2.16. The first-order chi connectivity index (χ1) is 5.74. The molecule has 0 spiro atoms. The summed E-state index contributed by atoms with van der Waals surface area (Å²) in [5.74, 6) is -0.463. The number of carbonyl (C=O) groups excluding carboxylic acids is 2. The molecular formula is C7H10N2O3. The molecule has 1 N–H and O–H groups in total. The van der Waals surface area contributed by atoms with E-state index in [1.54, 1.807) is 0 Å². The minimum absolute atomic E-state index is 0.185. The van der Waals surface area contributed by atoms with E-state index >= 15 is 0 Å². The summed E-state index contributed by atoms with van der Waals surface area (Å²) in [5, 5.41) is 2.59. The van der Waals surface area contributed by atoms with Gasteiger partial charge in [0.25, 0.3) is 0 Å². The maximum Gasteiger partial charge on any atom is 0.331 e. The number of hydrogen-bond donors (Lipinski definition) is 1. The van der Waals surface area contributed by atoms with Crippen LogP contribution in [0.1, 0.15) is 0 Å². The Bertz CT molecular complexity index is 225. The van der Waals surface area contributed by atoms with Crippen molar-refractivity contribution in [3.8, 4) is 0 Å². The molecule has 12 heavy (non-hydrogen) atoms. The van der Waals surface area contributed by atoms with E-state index in [1.165, 1.54) is 24.3 Å². The molecule has 5 heteroatoms. The maximum absolute atomic E-state index is 10.9. The topological polar surface area (TPSA) is 58.6 Å². The second kappa shape index (κ2) is 3.75. The molecule has 1 aliphatic heterocycles. The maximum atomic E-state index is 10.9. The van der Waals surface area contributed by atoms with Gasteiger partial charge in [-0.3, -0.25) is 4.90 Å². The number of nitrogens with zero attached hydrogens (tertiary/aromatic N) is 1. The highest BCUT2D eigenvalue weighted by atomic mass is 16.5. The second-order valence-corrected chi connectivity index (χ2v) is 2.26. The molecule has 1 aliphatic rings. The lowest BCUT2D eigenvalue weighted by molar-refractivity contribution is -0.134. The number of urea groups is 1. The van der Waals surface area contributed by atoms with Crippen molar-refractivity contribution in [3.05, 3.63) is 12.3 Å². The van der Waals surface area contributed by atoms with Gasteiger partial charge >= 0.3 is 12.0 Å². The predicted octanol–water partition coefficient (Wildman–Crippen LogP) is -0.302. The Morgan fingerprint density at radius 3 is 3.00 bits per heavy atom. The zero-order valence-corrected chi connectivity index (χ0v) is 6.74. The molecule has 1 heterocycles. The van der Waals surface area contributed by atoms with Crippen LogP contribution in [0.2, 0.25) is 0 Å². The molecule has 0 unspecified atom stereocenters. The molecule has 0 aromatic carbocycles. The average Bonchev–Trinajstić information content (AvgIpc) is 2.47. The van der Waals surface area contributed by atoms with Gasteiger partial charge in [0.05, 0.1) is 7.11 Å². The van der Waals surface area contributed by atoms with E-state index in [0.29, 0.717) is 13.1 Å². The van der Waals surface area contributed by atoms with Crippen molar-refractivity contribution in [2.45, 2.75) is 0 Å². The van der Waals surface area contributed by atoms with E-state index in [-0.39, 0.29) is 6.03 Å². The lowest BCUT2D eigenvalue weighted by Gasteiger charge is -2.05. The van der Waals surface area contributed by atoms with Gasteiger partial charge in [-0.05, 0) is 0 Å². The summed E-state index contributed by atoms with van der Waals surface area (Å²) in [7, 11) is 1.29. The van der Waals surface area contributed by atoms with Crippen molar-refractivity contribution in [1.29, 1.82) is 0 Å². The number of carbonyl (C=O) groups is 2. The number of amides is 2. The zero-order chi connectivity index (χ0) is 8.97. The van der Waals surface area contributed by atoms with Crippen LogP contribution >= 0.6 is 0 Å². The second-order valence-electron chi connectivity index (χ2n) is 2.26. The van der Waals surface area contributed by atoms with Crippen molar-refractivity contribution in [2.75, 3.05) is 20.2 Å². The van der Waals surface area contributed by atoms with Crippen molar-refractivity contribution >= 4 is 12.0 Å². The predicted molar refractivity (Wildman–Crippen MR) is 41.3 cm³/mol. The number of esters is 1. The number of methoxy groups -OCH3 is 1. The fraction of sp³-hybridized carbons (Fsp3) is 0.429. The van der Waals surface area contributed by atoms with Gasteiger partial charge in [0.1, 0.15) is 0 Å². The first-order valence-electron chi connectivity index (χ1n) is 3.54. The van der Waals surface area contributed by atoms with Gasteiger partial charge in [-0.2, -0.15) is 0 Å². The van der Waals surface area contributed by atoms with Crippen LogP contribution in [0.4, 0.5) is 4.79 Å². The summed E-state index contributed by atoms with van der Waals surface area (Å²) in [6, 6.07) is -0.185. The van der Waals surface area contributed by atoms with Crippen molar-refractivity contribution in [1.82, 2.24) is 10.2 Å². The van der Waals surface area contributed by atoms with Gasteiger partial charge in [0, 0.05) is 25.4 Å². The van der Waals surface area contributed by atoms with Gasteiger partial charge in [0.15, 0.2) is 0 Å². The summed E-state index contributed by atoms with van der Waals surface area (Å²) < 4.78 is 4.36. The van der Waals surface area contributed by atoms with Gasteiger partial charge in [-0.1, -0.05) is 0 Å². The van der Waals surface area contributed by atoms with Crippen LogP contribution in [0.25, 0.3) is 0 Å². The van der Waals surface area contributed by atoms with E-state index in [1.807, 2.05) is 0 Å². The molecule has 0 bridgehead atoms. The Morgan fingerprint density at radius 1 is 1.75 bits per heavy atom. The third-order valence-corrected chi connectivity index (χ3v) is 1.48. The number of rotatable bonds is 2. The van der Waals surface area contributed by atoms with E-state index in [2.05, 4.69) is 10.1 Å². The smallest absolute Gasteiger partial charge is 0.331 e. The highest BCUT2D eigenvalue weighted by molar-refractivity contribution is 5.83. The molecule has 0 atom stereocenters. The first kappa shape index (κ1) is 8.58. The fourth-order valence-electron chi connectivity index (χ4n) is 0.847. The number of ether oxygens (including phenoxy) is 1. The molecule has 66 valence electrons. The standard InChI is InChI=1S/C7H10N2O3/c1-12-6(10)2-4-9-5-3-8-7(9)11/h2,4H,3,5H2,1H3,(H,8,11)/b4-2+. The SMILES string of the molecule is COC(=O)/C=C/N1CCNC1=O. The van der Waals surface area contributed by atoms with Crippen molar-refractivity contribution in [2.24, 2.45) is 0 Å². The van der Waals surface area contributed by atoms with Crippen LogP contribution in [0.3, 0.4) is 0 Å². The Morgan fingerprint density at radius 2 is 2.50 bits per heavy atom. The van der Waals surface area contributed by atoms with Crippen LogP contribution in [0.5, 0.6) is 0 Å². The van der Waals surface area contributed by atoms with Crippen molar-refractivity contribution in [3.63, 3.8) is 0 Å². The lowest BCUT2D eigenvalue weighted by atomic mass is 10.5. The third-order valence-electron chi connectivity index (χ3n) is 1.48. The van der Waals surface area contributed by atoms with E-state index < -0.39 is 5.97 Å². The van der Waals surface area contributed by atoms with Gasteiger partial charge in [-0.25, -0.2) is 9.59 Å². The van der Waals surface area contributed by atoms with Crippen molar-refractivity contribution < 1.29 is 14.3 Å². The summed E-state index contributed by atoms with van der Waals surface area (Å²) in [4.78, 5) is 22.9. The Hall–Kier alpha value is -1.52. The Labute approximate surface area is 70.0 Å². The third kappa shape index (κ3) is 1.98.